The van der Waals surface area contributed by atoms with E-state index in [1.54, 1.807) is 30.3 Å². The molecule has 0 fully saturated rings. The maximum Gasteiger partial charge on any atom is 0.352 e. The smallest absolute Gasteiger partial charge is 0.352 e. The maximum absolute atomic E-state index is 12.8. The molecule has 0 amide bonds. The summed E-state index contributed by atoms with van der Waals surface area (Å²) in [6, 6.07) is 12.4. The molecule has 0 saturated heterocycles. The van der Waals surface area contributed by atoms with Crippen LogP contribution in [-0.2, 0) is 35.0 Å². The van der Waals surface area contributed by atoms with Crippen molar-refractivity contribution in [2.75, 3.05) is 52.7 Å². The van der Waals surface area contributed by atoms with Crippen molar-refractivity contribution in [1.29, 1.82) is 0 Å². The lowest BCUT2D eigenvalue weighted by molar-refractivity contribution is -0.173. The topological polar surface area (TPSA) is 122 Å². The number of fused-ring (bicyclic) bond motifs is 1. The second-order valence-corrected chi connectivity index (χ2v) is 9.05. The minimum absolute atomic E-state index is 0.0121. The summed E-state index contributed by atoms with van der Waals surface area (Å²) >= 11 is 6.00. The summed E-state index contributed by atoms with van der Waals surface area (Å²) in [5.74, 6) is -0.877. The number of benzene rings is 2. The fourth-order valence-electron chi connectivity index (χ4n) is 3.80. The van der Waals surface area contributed by atoms with Crippen molar-refractivity contribution in [3.63, 3.8) is 0 Å². The van der Waals surface area contributed by atoms with Gasteiger partial charge in [0.15, 0.2) is 11.5 Å². The molecule has 2 aromatic carbocycles. The summed E-state index contributed by atoms with van der Waals surface area (Å²) in [6.45, 7) is 6.05. The number of halogens is 1. The number of carbonyl (C=O) groups excluding carboxylic acids is 2. The molecule has 214 valence electrons. The monoisotopic (exact) mass is 565 g/mol. The second kappa shape index (κ2) is 16.3. The largest absolute Gasteiger partial charge is 0.470 e. The molecule has 2 aromatic rings. The average Bonchev–Trinajstić information content (AvgIpc) is 2.94. The summed E-state index contributed by atoms with van der Waals surface area (Å²) in [5.41, 5.74) is 1.64. The van der Waals surface area contributed by atoms with Crippen LogP contribution < -0.4 is 14.8 Å². The van der Waals surface area contributed by atoms with Gasteiger partial charge < -0.3 is 38.8 Å². The molecule has 2 N–H and O–H groups in total. The first kappa shape index (κ1) is 30.6. The third-order valence-electron chi connectivity index (χ3n) is 5.77. The fourth-order valence-corrected chi connectivity index (χ4v) is 4.00. The molecule has 0 aliphatic carbocycles. The lowest BCUT2D eigenvalue weighted by Gasteiger charge is -2.31. The summed E-state index contributed by atoms with van der Waals surface area (Å²) in [7, 11) is 0. The zero-order valence-electron chi connectivity index (χ0n) is 22.2. The number of aliphatic hydroxyl groups is 1. The van der Waals surface area contributed by atoms with E-state index < -0.39 is 30.3 Å². The van der Waals surface area contributed by atoms with E-state index in [1.165, 1.54) is 0 Å². The van der Waals surface area contributed by atoms with Crippen molar-refractivity contribution in [2.45, 2.75) is 38.6 Å². The van der Waals surface area contributed by atoms with E-state index in [1.807, 2.05) is 26.0 Å². The van der Waals surface area contributed by atoms with E-state index in [2.05, 4.69) is 5.32 Å². The number of nitrogens with one attached hydrogen (secondary N) is 1. The van der Waals surface area contributed by atoms with E-state index >= 15 is 0 Å². The molecular weight excluding hydrogens is 530 g/mol. The second-order valence-electron chi connectivity index (χ2n) is 8.61. The van der Waals surface area contributed by atoms with Crippen LogP contribution >= 0.6 is 11.6 Å². The molecule has 1 heterocycles. The molecule has 0 bridgehead atoms. The number of carbonyl (C=O) groups is 2. The van der Waals surface area contributed by atoms with Crippen molar-refractivity contribution in [3.05, 3.63) is 58.6 Å². The number of esters is 2. The van der Waals surface area contributed by atoms with Gasteiger partial charge in [-0.05, 0) is 62.2 Å². The quantitative estimate of drug-likeness (QED) is 0.232. The molecule has 0 saturated carbocycles. The molecule has 11 heteroatoms. The first-order valence-electron chi connectivity index (χ1n) is 13.0. The number of aliphatic hydroxyl groups excluding tert-OH is 1. The predicted octanol–water partition coefficient (Wildman–Crippen LogP) is 2.87. The molecule has 0 radical (unpaired) electrons. The van der Waals surface area contributed by atoms with Crippen molar-refractivity contribution in [1.82, 2.24) is 5.32 Å². The Morgan fingerprint density at radius 2 is 1.56 bits per heavy atom. The lowest BCUT2D eigenvalue weighted by Crippen LogP contribution is -2.51. The molecule has 1 aliphatic rings. The highest BCUT2D eigenvalue weighted by atomic mass is 35.5. The van der Waals surface area contributed by atoms with Gasteiger partial charge in [-0.1, -0.05) is 29.8 Å². The lowest BCUT2D eigenvalue weighted by atomic mass is 10.1. The molecule has 3 rings (SSSR count). The third-order valence-corrected chi connectivity index (χ3v) is 6.00. The zero-order chi connectivity index (χ0) is 28.0. The summed E-state index contributed by atoms with van der Waals surface area (Å²) in [6.07, 6.45) is -2.76. The molecular formula is C28H36ClNO9. The number of hydrogen-bond donors (Lipinski definition) is 2. The van der Waals surface area contributed by atoms with Crippen LogP contribution in [0.4, 0.5) is 0 Å². The highest BCUT2D eigenvalue weighted by Gasteiger charge is 2.44. The highest BCUT2D eigenvalue weighted by Crippen LogP contribution is 2.36. The zero-order valence-corrected chi connectivity index (χ0v) is 23.0. The van der Waals surface area contributed by atoms with Gasteiger partial charge in [0.05, 0.1) is 19.3 Å². The Bertz CT molecular complexity index is 1070. The Kier molecular flexibility index (Phi) is 12.8. The Labute approximate surface area is 233 Å². The molecule has 10 nitrogen and oxygen atoms in total. The van der Waals surface area contributed by atoms with Gasteiger partial charge >= 0.3 is 11.9 Å². The molecule has 1 aliphatic heterocycles. The standard InChI is InChI=1S/C28H36ClNO9/c1-3-34-12-14-36-27(32)25-26(28(33)37-15-13-35-4-2)39-24-16-19(8-9-23(24)38-25)10-11-30-18-22(31)20-6-5-7-21(29)17-20/h5-9,16-17,22,25-26,30-31H,3-4,10-15,18H2,1-2H3. The van der Waals surface area contributed by atoms with Crippen molar-refractivity contribution < 1.29 is 43.1 Å². The van der Waals surface area contributed by atoms with Gasteiger partial charge in [0.1, 0.15) is 13.2 Å². The minimum Gasteiger partial charge on any atom is -0.470 e. The van der Waals surface area contributed by atoms with Crippen LogP contribution in [0, 0.1) is 0 Å². The maximum atomic E-state index is 12.8. The highest BCUT2D eigenvalue weighted by molar-refractivity contribution is 6.30. The summed E-state index contributed by atoms with van der Waals surface area (Å²) in [4.78, 5) is 25.5. The summed E-state index contributed by atoms with van der Waals surface area (Å²) < 4.78 is 32.7. The number of hydrogen-bond acceptors (Lipinski definition) is 10. The van der Waals surface area contributed by atoms with Crippen LogP contribution in [0.5, 0.6) is 11.5 Å². The van der Waals surface area contributed by atoms with Crippen molar-refractivity contribution >= 4 is 23.5 Å². The Hall–Kier alpha value is -2.89. The SMILES string of the molecule is CCOCCOC(=O)C1Oc2ccc(CCNCC(O)c3cccc(Cl)c3)cc2OC1C(=O)OCCOCC. The Morgan fingerprint density at radius 1 is 0.923 bits per heavy atom. The van der Waals surface area contributed by atoms with E-state index in [0.29, 0.717) is 49.2 Å². The van der Waals surface area contributed by atoms with Crippen molar-refractivity contribution in [3.8, 4) is 11.5 Å². The average molecular weight is 566 g/mol. The van der Waals surface area contributed by atoms with E-state index in [9.17, 15) is 14.7 Å². The normalized spacial score (nSPS) is 16.9. The molecule has 3 unspecified atom stereocenters. The van der Waals surface area contributed by atoms with Gasteiger partial charge in [0, 0.05) is 24.8 Å². The van der Waals surface area contributed by atoms with E-state index in [-0.39, 0.29) is 26.4 Å². The molecule has 3 atom stereocenters. The Morgan fingerprint density at radius 3 is 2.18 bits per heavy atom. The van der Waals surface area contributed by atoms with Gasteiger partial charge in [-0.25, -0.2) is 9.59 Å². The predicted molar refractivity (Wildman–Crippen MR) is 143 cm³/mol. The fraction of sp³-hybridized carbons (Fsp3) is 0.500. The van der Waals surface area contributed by atoms with E-state index in [0.717, 1.165) is 11.1 Å². The van der Waals surface area contributed by atoms with Gasteiger partial charge in [-0.3, -0.25) is 0 Å². The van der Waals surface area contributed by atoms with Gasteiger partial charge in [0.25, 0.3) is 0 Å². The molecule has 0 spiro atoms. The van der Waals surface area contributed by atoms with Crippen LogP contribution in [0.25, 0.3) is 0 Å². The summed E-state index contributed by atoms with van der Waals surface area (Å²) in [5, 5.41) is 14.2. The van der Waals surface area contributed by atoms with Gasteiger partial charge in [0.2, 0.25) is 12.2 Å². The first-order chi connectivity index (χ1) is 18.9. The molecule has 39 heavy (non-hydrogen) atoms. The van der Waals surface area contributed by atoms with E-state index in [4.69, 9.17) is 40.0 Å². The van der Waals surface area contributed by atoms with Crippen molar-refractivity contribution in [2.24, 2.45) is 0 Å². The Balaban J connectivity index is 1.60. The minimum atomic E-state index is -1.35. The third kappa shape index (κ3) is 9.66. The van der Waals surface area contributed by atoms with Gasteiger partial charge in [-0.2, -0.15) is 0 Å². The van der Waals surface area contributed by atoms with Crippen LogP contribution in [0.2, 0.25) is 5.02 Å². The van der Waals surface area contributed by atoms with Gasteiger partial charge in [-0.15, -0.1) is 0 Å². The molecule has 0 aromatic heterocycles. The van der Waals surface area contributed by atoms with Crippen LogP contribution in [0.3, 0.4) is 0 Å². The van der Waals surface area contributed by atoms with Crippen LogP contribution in [0.1, 0.15) is 31.1 Å². The number of ether oxygens (including phenoxy) is 6. The van der Waals surface area contributed by atoms with Crippen LogP contribution in [-0.4, -0.2) is 82.0 Å². The number of rotatable bonds is 16. The van der Waals surface area contributed by atoms with Crippen LogP contribution in [0.15, 0.2) is 42.5 Å². The first-order valence-corrected chi connectivity index (χ1v) is 13.4.